The summed E-state index contributed by atoms with van der Waals surface area (Å²) in [7, 11) is 0. The molecule has 2 N–H and O–H groups in total. The number of carbonyl (C=O) groups excluding carboxylic acids is 1. The van der Waals surface area contributed by atoms with Crippen LogP contribution in [0.5, 0.6) is 0 Å². The van der Waals surface area contributed by atoms with Crippen molar-refractivity contribution in [3.05, 3.63) is 29.8 Å². The summed E-state index contributed by atoms with van der Waals surface area (Å²) in [5.74, 6) is 2.25. The molecule has 0 radical (unpaired) electrons. The van der Waals surface area contributed by atoms with Crippen LogP contribution in [0.1, 0.15) is 31.7 Å². The first-order valence-electron chi connectivity index (χ1n) is 8.32. The highest BCUT2D eigenvalue weighted by molar-refractivity contribution is 7.99. The van der Waals surface area contributed by atoms with Gasteiger partial charge in [0.05, 0.1) is 0 Å². The second-order valence-electron chi connectivity index (χ2n) is 6.30. The van der Waals surface area contributed by atoms with E-state index in [-0.39, 0.29) is 5.91 Å². The van der Waals surface area contributed by atoms with Crippen molar-refractivity contribution in [2.75, 3.05) is 25.4 Å². The van der Waals surface area contributed by atoms with Crippen LogP contribution in [-0.2, 0) is 4.79 Å². The number of nitrogens with one attached hydrogen (secondary N) is 2. The molecule has 1 saturated heterocycles. The Labute approximate surface area is 138 Å². The van der Waals surface area contributed by atoms with E-state index in [1.807, 2.05) is 0 Å². The molecule has 4 heteroatoms. The molecule has 0 aromatic heterocycles. The van der Waals surface area contributed by atoms with Crippen LogP contribution in [-0.4, -0.2) is 31.3 Å². The van der Waals surface area contributed by atoms with Crippen molar-refractivity contribution in [3.8, 4) is 0 Å². The van der Waals surface area contributed by atoms with E-state index in [2.05, 4.69) is 48.7 Å². The van der Waals surface area contributed by atoms with E-state index in [0.717, 1.165) is 25.4 Å². The van der Waals surface area contributed by atoms with Gasteiger partial charge in [0.15, 0.2) is 0 Å². The highest BCUT2D eigenvalue weighted by atomic mass is 32.2. The molecule has 0 saturated carbocycles. The maximum Gasteiger partial charge on any atom is 0.220 e. The zero-order chi connectivity index (χ0) is 15.8. The molecule has 2 rings (SSSR count). The van der Waals surface area contributed by atoms with Crippen LogP contribution in [0.15, 0.2) is 29.2 Å². The number of thioether (sulfide) groups is 1. The molecule has 2 unspecified atom stereocenters. The van der Waals surface area contributed by atoms with Crippen molar-refractivity contribution in [2.24, 2.45) is 11.8 Å². The summed E-state index contributed by atoms with van der Waals surface area (Å²) < 4.78 is 0. The number of amides is 1. The fraction of sp³-hybridized carbons (Fsp3) is 0.611. The van der Waals surface area contributed by atoms with E-state index in [1.54, 1.807) is 11.8 Å². The second-order valence-corrected chi connectivity index (χ2v) is 7.47. The molecule has 22 heavy (non-hydrogen) atoms. The number of hydrogen-bond acceptors (Lipinski definition) is 3. The quantitative estimate of drug-likeness (QED) is 0.599. The topological polar surface area (TPSA) is 41.1 Å². The maximum absolute atomic E-state index is 12.0. The molecule has 1 fully saturated rings. The zero-order valence-corrected chi connectivity index (χ0v) is 14.5. The number of piperidine rings is 1. The normalized spacial score (nSPS) is 19.6. The van der Waals surface area contributed by atoms with Crippen molar-refractivity contribution in [3.63, 3.8) is 0 Å². The summed E-state index contributed by atoms with van der Waals surface area (Å²) in [4.78, 5) is 13.3. The Bertz CT molecular complexity index is 455. The third-order valence-electron chi connectivity index (χ3n) is 4.36. The van der Waals surface area contributed by atoms with Gasteiger partial charge < -0.3 is 10.6 Å². The van der Waals surface area contributed by atoms with E-state index >= 15 is 0 Å². The molecular weight excluding hydrogens is 292 g/mol. The van der Waals surface area contributed by atoms with Crippen molar-refractivity contribution < 1.29 is 4.79 Å². The van der Waals surface area contributed by atoms with Crippen LogP contribution < -0.4 is 10.6 Å². The molecule has 3 nitrogen and oxygen atoms in total. The first kappa shape index (κ1) is 17.4. The highest BCUT2D eigenvalue weighted by Crippen LogP contribution is 2.22. The van der Waals surface area contributed by atoms with E-state index in [1.165, 1.54) is 23.3 Å². The minimum absolute atomic E-state index is 0.197. The molecule has 122 valence electrons. The van der Waals surface area contributed by atoms with Crippen LogP contribution >= 0.6 is 11.8 Å². The van der Waals surface area contributed by atoms with Gasteiger partial charge in [0.2, 0.25) is 5.91 Å². The number of carbonyl (C=O) groups is 1. The van der Waals surface area contributed by atoms with Crippen molar-refractivity contribution >= 4 is 17.7 Å². The average molecular weight is 321 g/mol. The van der Waals surface area contributed by atoms with Crippen LogP contribution in [0.25, 0.3) is 0 Å². The van der Waals surface area contributed by atoms with E-state index < -0.39 is 0 Å². The standard InChI is InChI=1S/C18H28N2OS/c1-14-5-7-17(8-6-14)22-11-10-20-18(21)12-15(2)16-4-3-9-19-13-16/h5-8,15-16,19H,3-4,9-13H2,1-2H3,(H,20,21). The number of rotatable bonds is 7. The Morgan fingerprint density at radius 1 is 1.41 bits per heavy atom. The monoisotopic (exact) mass is 320 g/mol. The lowest BCUT2D eigenvalue weighted by Crippen LogP contribution is -2.36. The second kappa shape index (κ2) is 9.21. The average Bonchev–Trinajstić information content (AvgIpc) is 2.54. The third kappa shape index (κ3) is 6.01. The smallest absolute Gasteiger partial charge is 0.220 e. The number of benzene rings is 1. The van der Waals surface area contributed by atoms with Gasteiger partial charge in [-0.3, -0.25) is 4.79 Å². The predicted molar refractivity (Wildman–Crippen MR) is 94.3 cm³/mol. The summed E-state index contributed by atoms with van der Waals surface area (Å²) >= 11 is 1.79. The Morgan fingerprint density at radius 3 is 2.86 bits per heavy atom. The zero-order valence-electron chi connectivity index (χ0n) is 13.7. The summed E-state index contributed by atoms with van der Waals surface area (Å²) in [6.07, 6.45) is 3.15. The fourth-order valence-corrected chi connectivity index (χ4v) is 3.66. The van der Waals surface area contributed by atoms with Gasteiger partial charge in [-0.05, 0) is 56.8 Å². The lowest BCUT2D eigenvalue weighted by Gasteiger charge is -2.28. The number of aryl methyl sites for hydroxylation is 1. The Morgan fingerprint density at radius 2 is 2.18 bits per heavy atom. The van der Waals surface area contributed by atoms with Crippen LogP contribution in [0, 0.1) is 18.8 Å². The largest absolute Gasteiger partial charge is 0.355 e. The van der Waals surface area contributed by atoms with Crippen LogP contribution in [0.4, 0.5) is 0 Å². The Balaban J connectivity index is 1.60. The molecule has 1 amide bonds. The van der Waals surface area contributed by atoms with Gasteiger partial charge >= 0.3 is 0 Å². The molecule has 1 heterocycles. The summed E-state index contributed by atoms with van der Waals surface area (Å²) in [6, 6.07) is 8.53. The maximum atomic E-state index is 12.0. The molecule has 0 spiro atoms. The third-order valence-corrected chi connectivity index (χ3v) is 5.37. The summed E-state index contributed by atoms with van der Waals surface area (Å²) in [6.45, 7) is 7.24. The minimum Gasteiger partial charge on any atom is -0.355 e. The highest BCUT2D eigenvalue weighted by Gasteiger charge is 2.21. The van der Waals surface area contributed by atoms with Gasteiger partial charge in [-0.15, -0.1) is 11.8 Å². The van der Waals surface area contributed by atoms with Crippen molar-refractivity contribution in [2.45, 2.75) is 38.0 Å². The lowest BCUT2D eigenvalue weighted by atomic mass is 9.85. The summed E-state index contributed by atoms with van der Waals surface area (Å²) in [5, 5.41) is 6.48. The van der Waals surface area contributed by atoms with Gasteiger partial charge in [-0.1, -0.05) is 24.6 Å². The van der Waals surface area contributed by atoms with Gasteiger partial charge in [-0.25, -0.2) is 0 Å². The van der Waals surface area contributed by atoms with Crippen LogP contribution in [0.3, 0.4) is 0 Å². The molecule has 2 atom stereocenters. The molecule has 0 aliphatic carbocycles. The van der Waals surface area contributed by atoms with Crippen LogP contribution in [0.2, 0.25) is 0 Å². The molecule has 1 aromatic carbocycles. The van der Waals surface area contributed by atoms with Gasteiger partial charge in [0, 0.05) is 23.6 Å². The molecule has 1 aliphatic rings. The molecule has 1 aliphatic heterocycles. The van der Waals surface area contributed by atoms with Gasteiger partial charge in [0.1, 0.15) is 0 Å². The number of hydrogen-bond donors (Lipinski definition) is 2. The van der Waals surface area contributed by atoms with Crippen molar-refractivity contribution in [1.29, 1.82) is 0 Å². The van der Waals surface area contributed by atoms with E-state index in [9.17, 15) is 4.79 Å². The SMILES string of the molecule is Cc1ccc(SCCNC(=O)CC(C)C2CCCNC2)cc1. The molecule has 1 aromatic rings. The Kier molecular flexibility index (Phi) is 7.26. The molecular formula is C18H28N2OS. The van der Waals surface area contributed by atoms with E-state index in [0.29, 0.717) is 18.3 Å². The summed E-state index contributed by atoms with van der Waals surface area (Å²) in [5.41, 5.74) is 1.28. The van der Waals surface area contributed by atoms with Crippen molar-refractivity contribution in [1.82, 2.24) is 10.6 Å². The first-order valence-corrected chi connectivity index (χ1v) is 9.30. The Hall–Kier alpha value is -1.00. The predicted octanol–water partition coefficient (Wildman–Crippen LogP) is 3.23. The van der Waals surface area contributed by atoms with Gasteiger partial charge in [0.25, 0.3) is 0 Å². The first-order chi connectivity index (χ1) is 10.6. The minimum atomic E-state index is 0.197. The fourth-order valence-electron chi connectivity index (χ4n) is 2.89. The van der Waals surface area contributed by atoms with E-state index in [4.69, 9.17) is 0 Å². The van der Waals surface area contributed by atoms with Gasteiger partial charge in [-0.2, -0.15) is 0 Å². The molecule has 0 bridgehead atoms. The lowest BCUT2D eigenvalue weighted by molar-refractivity contribution is -0.122.